The number of benzene rings is 1. The van der Waals surface area contributed by atoms with Crippen LogP contribution in [0, 0.1) is 0 Å². The molecular formula is C24H25FN6O4S. The molecule has 0 atom stereocenters. The lowest BCUT2D eigenvalue weighted by Gasteiger charge is -2.28. The van der Waals surface area contributed by atoms with Gasteiger partial charge in [0.05, 0.1) is 30.0 Å². The number of Topliss-reactive ketones (excluding diaryl/α,β-unsaturated/α-hetero) is 1. The van der Waals surface area contributed by atoms with E-state index in [9.17, 15) is 22.4 Å². The van der Waals surface area contributed by atoms with E-state index in [2.05, 4.69) is 20.6 Å². The second kappa shape index (κ2) is 8.80. The van der Waals surface area contributed by atoms with Crippen molar-refractivity contribution in [2.75, 3.05) is 31.3 Å². The number of nitrogens with one attached hydrogen (secondary N) is 3. The highest BCUT2D eigenvalue weighted by atomic mass is 32.2. The maximum Gasteiger partial charge on any atom is 0.282 e. The first-order chi connectivity index (χ1) is 17.1. The monoisotopic (exact) mass is 512 g/mol. The number of carbonyl (C=O) groups excluding carboxylic acids is 2. The van der Waals surface area contributed by atoms with Crippen molar-refractivity contribution in [3.8, 4) is 11.3 Å². The Hall–Kier alpha value is -3.61. The maximum absolute atomic E-state index is 14.1. The number of aromatic nitrogens is 2. The molecule has 10 nitrogen and oxygen atoms in total. The van der Waals surface area contributed by atoms with Crippen molar-refractivity contribution >= 4 is 39.1 Å². The lowest BCUT2D eigenvalue weighted by Crippen LogP contribution is -2.44. The number of amides is 1. The Morgan fingerprint density at radius 3 is 2.56 bits per heavy atom. The van der Waals surface area contributed by atoms with Crippen LogP contribution in [0.2, 0.25) is 0 Å². The van der Waals surface area contributed by atoms with Gasteiger partial charge in [-0.05, 0) is 37.1 Å². The summed E-state index contributed by atoms with van der Waals surface area (Å²) in [5, 5.41) is 5.80. The van der Waals surface area contributed by atoms with E-state index in [1.807, 2.05) is 30.3 Å². The topological polar surface area (TPSA) is 128 Å². The van der Waals surface area contributed by atoms with Gasteiger partial charge in [-0.1, -0.05) is 18.2 Å². The molecule has 1 aliphatic heterocycles. The van der Waals surface area contributed by atoms with Crippen molar-refractivity contribution in [3.63, 3.8) is 0 Å². The minimum absolute atomic E-state index is 0.0237. The highest BCUT2D eigenvalue weighted by molar-refractivity contribution is 7.86. The first-order valence-electron chi connectivity index (χ1n) is 11.3. The van der Waals surface area contributed by atoms with Gasteiger partial charge in [0.1, 0.15) is 5.82 Å². The van der Waals surface area contributed by atoms with Gasteiger partial charge in [-0.15, -0.1) is 0 Å². The molecule has 12 heteroatoms. The van der Waals surface area contributed by atoms with Crippen molar-refractivity contribution in [2.24, 2.45) is 0 Å². The van der Waals surface area contributed by atoms with Crippen molar-refractivity contribution < 1.29 is 22.4 Å². The normalized spacial score (nSPS) is 17.1. The zero-order chi connectivity index (χ0) is 25.7. The van der Waals surface area contributed by atoms with Crippen LogP contribution in [-0.4, -0.2) is 65.0 Å². The van der Waals surface area contributed by atoms with E-state index in [1.54, 1.807) is 12.1 Å². The number of anilines is 3. The van der Waals surface area contributed by atoms with Crippen LogP contribution in [0.5, 0.6) is 0 Å². The molecule has 188 valence electrons. The van der Waals surface area contributed by atoms with Crippen molar-refractivity contribution in [1.82, 2.24) is 18.6 Å². The van der Waals surface area contributed by atoms with E-state index in [1.165, 1.54) is 20.3 Å². The number of nitrogens with zero attached hydrogens (tertiary/aromatic N) is 3. The molecule has 0 unspecified atom stereocenters. The van der Waals surface area contributed by atoms with E-state index in [4.69, 9.17) is 0 Å². The van der Waals surface area contributed by atoms with Crippen molar-refractivity contribution in [1.29, 1.82) is 0 Å². The molecule has 0 saturated heterocycles. The number of fused-ring (bicyclic) bond motifs is 1. The van der Waals surface area contributed by atoms with Crippen LogP contribution >= 0.6 is 0 Å². The summed E-state index contributed by atoms with van der Waals surface area (Å²) in [6.07, 6.45) is 1.84. The van der Waals surface area contributed by atoms with Gasteiger partial charge in [0.25, 0.3) is 16.1 Å². The molecule has 2 aliphatic rings. The number of H-pyrrole nitrogens is 1. The van der Waals surface area contributed by atoms with Crippen LogP contribution in [0.1, 0.15) is 28.9 Å². The molecule has 3 N–H and O–H groups in total. The van der Waals surface area contributed by atoms with Gasteiger partial charge >= 0.3 is 0 Å². The summed E-state index contributed by atoms with van der Waals surface area (Å²) in [6, 6.07) is 12.5. The summed E-state index contributed by atoms with van der Waals surface area (Å²) in [7, 11) is -0.997. The minimum Gasteiger partial charge on any atom is -0.355 e. The van der Waals surface area contributed by atoms with Gasteiger partial charge in [-0.2, -0.15) is 17.0 Å². The van der Waals surface area contributed by atoms with Crippen LogP contribution in [0.3, 0.4) is 0 Å². The Morgan fingerprint density at radius 1 is 1.17 bits per heavy atom. The average molecular weight is 513 g/mol. The molecule has 1 aromatic carbocycles. The molecule has 1 aliphatic carbocycles. The van der Waals surface area contributed by atoms with E-state index in [-0.39, 0.29) is 37.5 Å². The fraction of sp³-hybridized carbons (Fsp3) is 0.292. The Morgan fingerprint density at radius 2 is 1.89 bits per heavy atom. The predicted molar refractivity (Wildman–Crippen MR) is 133 cm³/mol. The zero-order valence-corrected chi connectivity index (χ0v) is 20.5. The summed E-state index contributed by atoms with van der Waals surface area (Å²) in [4.78, 5) is 32.8. The third-order valence-corrected chi connectivity index (χ3v) is 8.06. The summed E-state index contributed by atoms with van der Waals surface area (Å²) >= 11 is 0. The number of hydrogen-bond acceptors (Lipinski definition) is 6. The molecule has 5 rings (SSSR count). The van der Waals surface area contributed by atoms with Crippen LogP contribution in [0.4, 0.5) is 21.6 Å². The number of rotatable bonds is 7. The molecule has 0 spiro atoms. The summed E-state index contributed by atoms with van der Waals surface area (Å²) < 4.78 is 41.8. The van der Waals surface area contributed by atoms with Crippen molar-refractivity contribution in [3.05, 3.63) is 59.9 Å². The SMILES string of the molecule is CN(C)S(=O)(=O)N1CC(=O)c2c([nH]c(-c3ccnc(NC(=O)C4(F)CC4)c3)c2Nc2ccccc2)C1. The molecule has 36 heavy (non-hydrogen) atoms. The van der Waals surface area contributed by atoms with Crippen LogP contribution in [0.25, 0.3) is 11.3 Å². The fourth-order valence-corrected chi connectivity index (χ4v) is 5.11. The molecule has 1 saturated carbocycles. The van der Waals surface area contributed by atoms with E-state index < -0.39 is 21.8 Å². The zero-order valence-electron chi connectivity index (χ0n) is 19.7. The van der Waals surface area contributed by atoms with Crippen LogP contribution < -0.4 is 10.6 Å². The van der Waals surface area contributed by atoms with E-state index in [0.717, 1.165) is 14.3 Å². The molecular weight excluding hydrogens is 487 g/mol. The maximum atomic E-state index is 14.1. The standard InChI is InChI=1S/C24H25FN6O4S/c1-30(2)36(34,35)31-13-17-20(18(32)14-31)22(27-16-6-4-3-5-7-16)21(28-17)15-8-11-26-19(12-15)29-23(33)24(25)9-10-24/h3-8,11-12,27-28H,9-10,13-14H2,1-2H3,(H,26,29,33). The smallest absolute Gasteiger partial charge is 0.282 e. The predicted octanol–water partition coefficient (Wildman–Crippen LogP) is 3.07. The number of aromatic amines is 1. The third kappa shape index (κ3) is 4.38. The number of halogens is 1. The fourth-order valence-electron chi connectivity index (χ4n) is 4.07. The first kappa shape index (κ1) is 24.1. The number of carbonyl (C=O) groups is 2. The number of para-hydroxylation sites is 1. The number of alkyl halides is 1. The molecule has 1 amide bonds. The molecule has 0 bridgehead atoms. The lowest BCUT2D eigenvalue weighted by atomic mass is 10.0. The summed E-state index contributed by atoms with van der Waals surface area (Å²) in [6.45, 7) is -0.325. The van der Waals surface area contributed by atoms with Crippen LogP contribution in [-0.2, 0) is 21.5 Å². The summed E-state index contributed by atoms with van der Waals surface area (Å²) in [5.41, 5.74) is 1.25. The van der Waals surface area contributed by atoms with Gasteiger partial charge in [-0.3, -0.25) is 9.59 Å². The highest BCUT2D eigenvalue weighted by Gasteiger charge is 2.51. The minimum atomic E-state index is -3.82. The summed E-state index contributed by atoms with van der Waals surface area (Å²) in [5.74, 6) is -0.929. The molecule has 2 aromatic heterocycles. The molecule has 1 fully saturated rings. The molecule has 3 aromatic rings. The van der Waals surface area contributed by atoms with E-state index >= 15 is 0 Å². The number of hydrogen-bond donors (Lipinski definition) is 3. The van der Waals surface area contributed by atoms with Gasteiger partial charge < -0.3 is 15.6 Å². The Labute approximate surface area is 207 Å². The molecule has 0 radical (unpaired) electrons. The van der Waals surface area contributed by atoms with Crippen molar-refractivity contribution in [2.45, 2.75) is 25.1 Å². The Balaban J connectivity index is 1.57. The second-order valence-corrected chi connectivity index (χ2v) is 11.2. The lowest BCUT2D eigenvalue weighted by molar-refractivity contribution is -0.122. The van der Waals surface area contributed by atoms with Gasteiger partial charge in [-0.25, -0.2) is 9.37 Å². The van der Waals surface area contributed by atoms with E-state index in [0.29, 0.717) is 28.2 Å². The highest BCUT2D eigenvalue weighted by Crippen LogP contribution is 2.41. The third-order valence-electron chi connectivity index (χ3n) is 6.23. The van der Waals surface area contributed by atoms with Gasteiger partial charge in [0, 0.05) is 37.2 Å². The Bertz CT molecular complexity index is 1450. The number of pyridine rings is 1. The van der Waals surface area contributed by atoms with Crippen LogP contribution in [0.15, 0.2) is 48.7 Å². The van der Waals surface area contributed by atoms with Gasteiger partial charge in [0.2, 0.25) is 0 Å². The number of ketones is 1. The Kier molecular flexibility index (Phi) is 5.89. The first-order valence-corrected chi connectivity index (χ1v) is 12.7. The second-order valence-electron chi connectivity index (χ2n) is 9.05. The largest absolute Gasteiger partial charge is 0.355 e. The quantitative estimate of drug-likeness (QED) is 0.447. The van der Waals surface area contributed by atoms with Gasteiger partial charge in [0.15, 0.2) is 11.5 Å². The average Bonchev–Trinajstić information content (AvgIpc) is 3.50. The molecule has 3 heterocycles.